The molecule has 80 valence electrons. The summed E-state index contributed by atoms with van der Waals surface area (Å²) in [6, 6.07) is 0. The van der Waals surface area contributed by atoms with Gasteiger partial charge in [0.05, 0.1) is 18.8 Å². The quantitative estimate of drug-likeness (QED) is 0.691. The molecule has 1 saturated heterocycles. The molecule has 0 aromatic carbocycles. The molecule has 0 radical (unpaired) electrons. The highest BCUT2D eigenvalue weighted by atomic mass is 16.3. The molecule has 1 aromatic heterocycles. The van der Waals surface area contributed by atoms with E-state index in [0.717, 1.165) is 13.0 Å². The predicted molar refractivity (Wildman–Crippen MR) is 53.4 cm³/mol. The van der Waals surface area contributed by atoms with Crippen molar-refractivity contribution in [3.63, 3.8) is 0 Å². The third-order valence-electron chi connectivity index (χ3n) is 2.46. The topological polar surface area (TPSA) is 66.3 Å². The van der Waals surface area contributed by atoms with E-state index in [2.05, 4.69) is 9.97 Å². The number of aliphatic hydroxyl groups excluding tert-OH is 1. The van der Waals surface area contributed by atoms with Gasteiger partial charge in [-0.25, -0.2) is 4.98 Å². The van der Waals surface area contributed by atoms with E-state index in [9.17, 15) is 9.90 Å². The van der Waals surface area contributed by atoms with Crippen LogP contribution in [0.25, 0.3) is 0 Å². The molecule has 5 heteroatoms. The van der Waals surface area contributed by atoms with Gasteiger partial charge in [0, 0.05) is 25.5 Å². The highest BCUT2D eigenvalue weighted by Crippen LogP contribution is 2.09. The summed E-state index contributed by atoms with van der Waals surface area (Å²) < 4.78 is 0. The van der Waals surface area contributed by atoms with Gasteiger partial charge in [0.15, 0.2) is 5.78 Å². The van der Waals surface area contributed by atoms with Crippen molar-refractivity contribution >= 4 is 5.78 Å². The summed E-state index contributed by atoms with van der Waals surface area (Å²) in [7, 11) is 0. The molecule has 2 rings (SSSR count). The summed E-state index contributed by atoms with van der Waals surface area (Å²) in [5.74, 6) is -0.0443. The first-order chi connectivity index (χ1) is 7.25. The van der Waals surface area contributed by atoms with E-state index in [0.29, 0.717) is 18.8 Å². The number of ketones is 1. The van der Waals surface area contributed by atoms with Crippen LogP contribution in [0.4, 0.5) is 0 Å². The van der Waals surface area contributed by atoms with Crippen LogP contribution in [0.2, 0.25) is 0 Å². The Hall–Kier alpha value is -1.33. The average molecular weight is 207 g/mol. The van der Waals surface area contributed by atoms with Crippen molar-refractivity contribution in [2.24, 2.45) is 0 Å². The Morgan fingerprint density at radius 3 is 3.07 bits per heavy atom. The Morgan fingerprint density at radius 1 is 1.60 bits per heavy atom. The van der Waals surface area contributed by atoms with Crippen molar-refractivity contribution in [2.45, 2.75) is 12.5 Å². The number of carbonyl (C=O) groups excluding carboxylic acids is 1. The predicted octanol–water partition coefficient (Wildman–Crippen LogP) is -0.274. The number of nitrogens with zero attached hydrogens (tertiary/aromatic N) is 3. The fourth-order valence-corrected chi connectivity index (χ4v) is 1.68. The molecule has 0 saturated carbocycles. The summed E-state index contributed by atoms with van der Waals surface area (Å²) in [6.07, 6.45) is 4.96. The maximum atomic E-state index is 11.7. The fraction of sp³-hybridized carbons (Fsp3) is 0.500. The molecule has 1 aromatic rings. The summed E-state index contributed by atoms with van der Waals surface area (Å²) in [6.45, 7) is 1.66. The van der Waals surface area contributed by atoms with Gasteiger partial charge in [-0.1, -0.05) is 0 Å². The molecule has 0 aliphatic carbocycles. The molecule has 0 bridgehead atoms. The second-order valence-electron chi connectivity index (χ2n) is 3.69. The SMILES string of the molecule is O=C(CN1CC[C@@H](O)C1)c1cnccn1. The van der Waals surface area contributed by atoms with Gasteiger partial charge in [-0.05, 0) is 6.42 Å². The van der Waals surface area contributed by atoms with Gasteiger partial charge in [0.1, 0.15) is 5.69 Å². The van der Waals surface area contributed by atoms with Crippen LogP contribution in [0.1, 0.15) is 16.9 Å². The molecule has 15 heavy (non-hydrogen) atoms. The van der Waals surface area contributed by atoms with Gasteiger partial charge in [-0.15, -0.1) is 0 Å². The lowest BCUT2D eigenvalue weighted by atomic mass is 10.3. The van der Waals surface area contributed by atoms with Gasteiger partial charge in [-0.2, -0.15) is 0 Å². The summed E-state index contributed by atoms with van der Waals surface area (Å²) >= 11 is 0. The lowest BCUT2D eigenvalue weighted by Crippen LogP contribution is -2.29. The minimum Gasteiger partial charge on any atom is -0.392 e. The maximum absolute atomic E-state index is 11.7. The van der Waals surface area contributed by atoms with Crippen molar-refractivity contribution in [1.82, 2.24) is 14.9 Å². The minimum atomic E-state index is -0.292. The largest absolute Gasteiger partial charge is 0.392 e. The van der Waals surface area contributed by atoms with Gasteiger partial charge in [0.25, 0.3) is 0 Å². The number of β-amino-alcohol motifs (C(OH)–C–C–N with tert-alkyl or cyclic N) is 1. The van der Waals surface area contributed by atoms with E-state index in [4.69, 9.17) is 0 Å². The summed E-state index contributed by atoms with van der Waals surface area (Å²) in [5.41, 5.74) is 0.388. The first kappa shape index (κ1) is 10.2. The van der Waals surface area contributed by atoms with Crippen molar-refractivity contribution in [3.05, 3.63) is 24.3 Å². The van der Waals surface area contributed by atoms with Crippen LogP contribution in [0.3, 0.4) is 0 Å². The summed E-state index contributed by atoms with van der Waals surface area (Å²) in [5, 5.41) is 9.30. The second kappa shape index (κ2) is 4.46. The van der Waals surface area contributed by atoms with Crippen LogP contribution in [-0.2, 0) is 0 Å². The van der Waals surface area contributed by atoms with E-state index in [1.54, 1.807) is 0 Å². The zero-order valence-electron chi connectivity index (χ0n) is 8.33. The van der Waals surface area contributed by atoms with E-state index in [-0.39, 0.29) is 11.9 Å². The number of aliphatic hydroxyl groups is 1. The number of aromatic nitrogens is 2. The molecule has 5 nitrogen and oxygen atoms in total. The lowest BCUT2D eigenvalue weighted by Gasteiger charge is -2.12. The summed E-state index contributed by atoms with van der Waals surface area (Å²) in [4.78, 5) is 21.4. The third kappa shape index (κ3) is 2.57. The molecular weight excluding hydrogens is 194 g/mol. The minimum absolute atomic E-state index is 0.0443. The van der Waals surface area contributed by atoms with E-state index < -0.39 is 0 Å². The number of hydrogen-bond acceptors (Lipinski definition) is 5. The highest BCUT2D eigenvalue weighted by molar-refractivity contribution is 5.95. The first-order valence-electron chi connectivity index (χ1n) is 4.95. The Balaban J connectivity index is 1.93. The molecule has 1 N–H and O–H groups in total. The number of Topliss-reactive ketones (excluding diaryl/α,β-unsaturated/α-hetero) is 1. The standard InChI is InChI=1S/C10H13N3O2/c14-8-1-4-13(6-8)7-10(15)9-5-11-2-3-12-9/h2-3,5,8,14H,1,4,6-7H2/t8-/m1/s1. The zero-order chi connectivity index (χ0) is 10.7. The van der Waals surface area contributed by atoms with Crippen LogP contribution < -0.4 is 0 Å². The Labute approximate surface area is 87.8 Å². The average Bonchev–Trinajstić information content (AvgIpc) is 2.65. The Kier molecular flexibility index (Phi) is 3.03. The normalized spacial score (nSPS) is 21.8. The zero-order valence-corrected chi connectivity index (χ0v) is 8.33. The molecule has 0 spiro atoms. The van der Waals surface area contributed by atoms with E-state index in [1.807, 2.05) is 4.90 Å². The van der Waals surface area contributed by atoms with Gasteiger partial charge >= 0.3 is 0 Å². The van der Waals surface area contributed by atoms with Crippen molar-refractivity contribution in [2.75, 3.05) is 19.6 Å². The maximum Gasteiger partial charge on any atom is 0.196 e. The lowest BCUT2D eigenvalue weighted by molar-refractivity contribution is 0.0929. The molecule has 1 aliphatic heterocycles. The van der Waals surface area contributed by atoms with Gasteiger partial charge in [-0.3, -0.25) is 14.7 Å². The Morgan fingerprint density at radius 2 is 2.47 bits per heavy atom. The molecule has 0 unspecified atom stereocenters. The van der Waals surface area contributed by atoms with Crippen LogP contribution >= 0.6 is 0 Å². The Bertz CT molecular complexity index is 342. The van der Waals surface area contributed by atoms with Gasteiger partial charge < -0.3 is 5.11 Å². The van der Waals surface area contributed by atoms with Crippen molar-refractivity contribution in [3.8, 4) is 0 Å². The van der Waals surface area contributed by atoms with Crippen LogP contribution in [0, 0.1) is 0 Å². The number of hydrogen-bond donors (Lipinski definition) is 1. The van der Waals surface area contributed by atoms with Crippen LogP contribution in [0.5, 0.6) is 0 Å². The van der Waals surface area contributed by atoms with E-state index >= 15 is 0 Å². The van der Waals surface area contributed by atoms with Gasteiger partial charge in [0.2, 0.25) is 0 Å². The monoisotopic (exact) mass is 207 g/mol. The fourth-order valence-electron chi connectivity index (χ4n) is 1.68. The molecule has 1 fully saturated rings. The second-order valence-corrected chi connectivity index (χ2v) is 3.69. The van der Waals surface area contributed by atoms with Crippen LogP contribution in [0.15, 0.2) is 18.6 Å². The molecule has 2 heterocycles. The molecular formula is C10H13N3O2. The number of rotatable bonds is 3. The molecule has 0 amide bonds. The van der Waals surface area contributed by atoms with Crippen molar-refractivity contribution in [1.29, 1.82) is 0 Å². The highest BCUT2D eigenvalue weighted by Gasteiger charge is 2.22. The van der Waals surface area contributed by atoms with Crippen LogP contribution in [-0.4, -0.2) is 51.5 Å². The molecule has 1 atom stereocenters. The first-order valence-corrected chi connectivity index (χ1v) is 4.95. The number of likely N-dealkylation sites (tertiary alicyclic amines) is 1. The van der Waals surface area contributed by atoms with E-state index in [1.165, 1.54) is 18.6 Å². The smallest absolute Gasteiger partial charge is 0.196 e. The molecule has 1 aliphatic rings. The number of carbonyl (C=O) groups is 1. The third-order valence-corrected chi connectivity index (χ3v) is 2.46. The van der Waals surface area contributed by atoms with Crippen molar-refractivity contribution < 1.29 is 9.90 Å².